The van der Waals surface area contributed by atoms with E-state index in [0.29, 0.717) is 18.1 Å². The third kappa shape index (κ3) is 3.34. The first-order chi connectivity index (χ1) is 8.66. The van der Waals surface area contributed by atoms with E-state index < -0.39 is 5.97 Å². The van der Waals surface area contributed by atoms with Crippen molar-refractivity contribution in [3.05, 3.63) is 23.2 Å². The Hall–Kier alpha value is -1.33. The van der Waals surface area contributed by atoms with Crippen LogP contribution in [0.1, 0.15) is 41.1 Å². The Morgan fingerprint density at radius 3 is 3.00 bits per heavy atom. The van der Waals surface area contributed by atoms with Gasteiger partial charge in [0.05, 0.1) is 12.7 Å². The average molecular weight is 254 g/mol. The summed E-state index contributed by atoms with van der Waals surface area (Å²) in [7, 11) is 0. The Balaban J connectivity index is 1.79. The highest BCUT2D eigenvalue weighted by atomic mass is 16.5. The quantitative estimate of drug-likeness (QED) is 0.873. The third-order valence-corrected chi connectivity index (χ3v) is 3.02. The molecule has 100 valence electrons. The second-order valence-electron chi connectivity index (χ2n) is 4.49. The van der Waals surface area contributed by atoms with E-state index in [1.807, 2.05) is 0 Å². The van der Waals surface area contributed by atoms with E-state index in [-0.39, 0.29) is 18.3 Å². The molecule has 0 spiro atoms. The molecular weight excluding hydrogens is 236 g/mol. The summed E-state index contributed by atoms with van der Waals surface area (Å²) in [5.74, 6) is -0.0196. The maximum absolute atomic E-state index is 10.8. The summed E-state index contributed by atoms with van der Waals surface area (Å²) in [5, 5.41) is 8.89. The van der Waals surface area contributed by atoms with Gasteiger partial charge in [-0.25, -0.2) is 4.79 Å². The molecule has 1 saturated heterocycles. The summed E-state index contributed by atoms with van der Waals surface area (Å²) < 4.78 is 16.3. The first-order valence-corrected chi connectivity index (χ1v) is 6.19. The predicted octanol–water partition coefficient (Wildman–Crippen LogP) is 2.37. The lowest BCUT2D eigenvalue weighted by Gasteiger charge is -2.21. The highest BCUT2D eigenvalue weighted by Crippen LogP contribution is 2.17. The SMILES string of the molecule is Cc1oc(COCC2CCCCO2)cc1C(=O)O. The lowest BCUT2D eigenvalue weighted by molar-refractivity contribution is -0.0472. The normalized spacial score (nSPS) is 19.9. The molecule has 1 aromatic heterocycles. The minimum Gasteiger partial charge on any atom is -0.478 e. The molecule has 0 aromatic carbocycles. The molecule has 2 rings (SSSR count). The molecule has 1 atom stereocenters. The first kappa shape index (κ1) is 13.1. The zero-order valence-electron chi connectivity index (χ0n) is 10.5. The van der Waals surface area contributed by atoms with Crippen LogP contribution < -0.4 is 0 Å². The fourth-order valence-corrected chi connectivity index (χ4v) is 2.06. The maximum atomic E-state index is 10.8. The van der Waals surface area contributed by atoms with Crippen molar-refractivity contribution < 1.29 is 23.8 Å². The molecule has 1 fully saturated rings. The molecule has 5 nitrogen and oxygen atoms in total. The van der Waals surface area contributed by atoms with Crippen LogP contribution in [-0.2, 0) is 16.1 Å². The number of aromatic carboxylic acids is 1. The molecule has 1 aliphatic heterocycles. The summed E-state index contributed by atoms with van der Waals surface area (Å²) in [6, 6.07) is 1.51. The molecule has 0 radical (unpaired) electrons. The van der Waals surface area contributed by atoms with Gasteiger partial charge in [-0.3, -0.25) is 0 Å². The van der Waals surface area contributed by atoms with Crippen LogP contribution in [0.4, 0.5) is 0 Å². The van der Waals surface area contributed by atoms with Gasteiger partial charge in [0, 0.05) is 6.61 Å². The second kappa shape index (κ2) is 6.02. The highest BCUT2D eigenvalue weighted by molar-refractivity contribution is 5.88. The van der Waals surface area contributed by atoms with Gasteiger partial charge < -0.3 is 19.0 Å². The number of hydrogen-bond acceptors (Lipinski definition) is 4. The summed E-state index contributed by atoms with van der Waals surface area (Å²) in [4.78, 5) is 10.8. The Morgan fingerprint density at radius 2 is 2.39 bits per heavy atom. The minimum absolute atomic E-state index is 0.161. The number of aryl methyl sites for hydroxylation is 1. The van der Waals surface area contributed by atoms with Crippen LogP contribution in [0, 0.1) is 6.92 Å². The topological polar surface area (TPSA) is 68.9 Å². The number of carbonyl (C=O) groups is 1. The van der Waals surface area contributed by atoms with Crippen molar-refractivity contribution >= 4 is 5.97 Å². The molecule has 0 amide bonds. The second-order valence-corrected chi connectivity index (χ2v) is 4.49. The van der Waals surface area contributed by atoms with Crippen molar-refractivity contribution in [1.82, 2.24) is 0 Å². The number of furan rings is 1. The molecule has 1 N–H and O–H groups in total. The summed E-state index contributed by atoms with van der Waals surface area (Å²) in [6.07, 6.45) is 3.48. The molecule has 18 heavy (non-hydrogen) atoms. The smallest absolute Gasteiger partial charge is 0.339 e. The van der Waals surface area contributed by atoms with Crippen LogP contribution in [0.2, 0.25) is 0 Å². The van der Waals surface area contributed by atoms with Crippen molar-refractivity contribution in [2.45, 2.75) is 38.9 Å². The average Bonchev–Trinajstić information content (AvgIpc) is 2.72. The first-order valence-electron chi connectivity index (χ1n) is 6.19. The van der Waals surface area contributed by atoms with Crippen molar-refractivity contribution in [2.24, 2.45) is 0 Å². The Morgan fingerprint density at radius 1 is 1.56 bits per heavy atom. The summed E-state index contributed by atoms with van der Waals surface area (Å²) >= 11 is 0. The lowest BCUT2D eigenvalue weighted by atomic mass is 10.1. The highest BCUT2D eigenvalue weighted by Gasteiger charge is 2.16. The van der Waals surface area contributed by atoms with Crippen molar-refractivity contribution in [2.75, 3.05) is 13.2 Å². The maximum Gasteiger partial charge on any atom is 0.339 e. The number of carboxylic acid groups (broad SMARTS) is 1. The molecule has 2 heterocycles. The number of ether oxygens (including phenoxy) is 2. The predicted molar refractivity (Wildman–Crippen MR) is 63.7 cm³/mol. The van der Waals surface area contributed by atoms with E-state index in [9.17, 15) is 4.79 Å². The van der Waals surface area contributed by atoms with E-state index in [1.165, 1.54) is 12.5 Å². The van der Waals surface area contributed by atoms with Gasteiger partial charge in [-0.1, -0.05) is 0 Å². The van der Waals surface area contributed by atoms with E-state index >= 15 is 0 Å². The van der Waals surface area contributed by atoms with Gasteiger partial charge in [0.25, 0.3) is 0 Å². The third-order valence-electron chi connectivity index (χ3n) is 3.02. The Bertz CT molecular complexity index is 404. The molecule has 0 saturated carbocycles. The van der Waals surface area contributed by atoms with E-state index in [1.54, 1.807) is 6.92 Å². The number of rotatable bonds is 5. The van der Waals surface area contributed by atoms with Crippen LogP contribution >= 0.6 is 0 Å². The fourth-order valence-electron chi connectivity index (χ4n) is 2.06. The van der Waals surface area contributed by atoms with Gasteiger partial charge in [-0.2, -0.15) is 0 Å². The van der Waals surface area contributed by atoms with Crippen LogP contribution in [-0.4, -0.2) is 30.4 Å². The molecular formula is C13H18O5. The van der Waals surface area contributed by atoms with Gasteiger partial charge in [0.1, 0.15) is 23.7 Å². The van der Waals surface area contributed by atoms with Gasteiger partial charge in [-0.15, -0.1) is 0 Å². The van der Waals surface area contributed by atoms with Crippen molar-refractivity contribution in [1.29, 1.82) is 0 Å². The molecule has 5 heteroatoms. The monoisotopic (exact) mass is 254 g/mol. The molecule has 0 bridgehead atoms. The molecule has 1 aromatic rings. The van der Waals surface area contributed by atoms with Crippen LogP contribution in [0.3, 0.4) is 0 Å². The van der Waals surface area contributed by atoms with E-state index in [2.05, 4.69) is 0 Å². The van der Waals surface area contributed by atoms with Crippen LogP contribution in [0.25, 0.3) is 0 Å². The molecule has 1 unspecified atom stereocenters. The summed E-state index contributed by atoms with van der Waals surface area (Å²) in [5.41, 5.74) is 0.197. The Labute approximate surface area is 106 Å². The largest absolute Gasteiger partial charge is 0.478 e. The minimum atomic E-state index is -0.974. The van der Waals surface area contributed by atoms with Gasteiger partial charge in [-0.05, 0) is 32.3 Å². The number of hydrogen-bond donors (Lipinski definition) is 1. The molecule has 1 aliphatic rings. The van der Waals surface area contributed by atoms with Crippen LogP contribution in [0.5, 0.6) is 0 Å². The van der Waals surface area contributed by atoms with Gasteiger partial charge in [0.2, 0.25) is 0 Å². The zero-order chi connectivity index (χ0) is 13.0. The lowest BCUT2D eigenvalue weighted by Crippen LogP contribution is -2.24. The van der Waals surface area contributed by atoms with Gasteiger partial charge >= 0.3 is 5.97 Å². The standard InChI is InChI=1S/C13H18O5/c1-9-12(13(14)15)6-11(18-9)8-16-7-10-4-2-3-5-17-10/h6,10H,2-5,7-8H2,1H3,(H,14,15). The molecule has 0 aliphatic carbocycles. The van der Waals surface area contributed by atoms with E-state index in [4.69, 9.17) is 19.0 Å². The number of carboxylic acids is 1. The van der Waals surface area contributed by atoms with E-state index in [0.717, 1.165) is 19.4 Å². The zero-order valence-corrected chi connectivity index (χ0v) is 10.5. The fraction of sp³-hybridized carbons (Fsp3) is 0.615. The van der Waals surface area contributed by atoms with Gasteiger partial charge in [0.15, 0.2) is 0 Å². The van der Waals surface area contributed by atoms with Crippen molar-refractivity contribution in [3.8, 4) is 0 Å². The Kier molecular flexibility index (Phi) is 4.38. The van der Waals surface area contributed by atoms with Crippen LogP contribution in [0.15, 0.2) is 10.5 Å². The van der Waals surface area contributed by atoms with Crippen molar-refractivity contribution in [3.63, 3.8) is 0 Å². The summed E-state index contributed by atoms with van der Waals surface area (Å²) in [6.45, 7) is 3.25.